The van der Waals surface area contributed by atoms with Gasteiger partial charge in [0, 0.05) is 4.47 Å². The third kappa shape index (κ3) is 3.23. The van der Waals surface area contributed by atoms with Crippen LogP contribution < -0.4 is 15.4 Å². The van der Waals surface area contributed by atoms with Gasteiger partial charge in [0.25, 0.3) is 0 Å². The second kappa shape index (κ2) is 5.71. The van der Waals surface area contributed by atoms with Crippen molar-refractivity contribution in [3.05, 3.63) is 22.2 Å². The van der Waals surface area contributed by atoms with Crippen molar-refractivity contribution in [3.63, 3.8) is 0 Å². The lowest BCUT2D eigenvalue weighted by Gasteiger charge is -2.24. The molecule has 18 heavy (non-hydrogen) atoms. The summed E-state index contributed by atoms with van der Waals surface area (Å²) in [6.07, 6.45) is 0. The number of hydrogen-bond donors (Lipinski definition) is 2. The van der Waals surface area contributed by atoms with Gasteiger partial charge in [-0.1, -0.05) is 15.9 Å². The van der Waals surface area contributed by atoms with Gasteiger partial charge in [0.2, 0.25) is 5.91 Å². The number of benzene rings is 1. The van der Waals surface area contributed by atoms with Gasteiger partial charge in [-0.2, -0.15) is 0 Å². The molecule has 0 fully saturated rings. The predicted molar refractivity (Wildman–Crippen MR) is 77.2 cm³/mol. The molecule has 0 unspecified atom stereocenters. The standard InChI is InChI=1S/C13H19BrN2O2/c1-8-6-9(14)7-10(18-5)11(8)16-12(17)13(2,3)15-4/h6-7,15H,1-5H3,(H,16,17). The third-order valence-electron chi connectivity index (χ3n) is 2.92. The third-order valence-corrected chi connectivity index (χ3v) is 3.37. The Hall–Kier alpha value is -1.07. The molecular weight excluding hydrogens is 296 g/mol. The molecule has 0 spiro atoms. The van der Waals surface area contributed by atoms with E-state index in [1.165, 1.54) is 0 Å². The molecule has 0 saturated carbocycles. The maximum Gasteiger partial charge on any atom is 0.244 e. The first-order valence-electron chi connectivity index (χ1n) is 5.66. The van der Waals surface area contributed by atoms with E-state index >= 15 is 0 Å². The van der Waals surface area contributed by atoms with Gasteiger partial charge in [0.15, 0.2) is 0 Å². The second-order valence-corrected chi connectivity index (χ2v) is 5.54. The van der Waals surface area contributed by atoms with Gasteiger partial charge in [0.05, 0.1) is 18.3 Å². The minimum Gasteiger partial charge on any atom is -0.495 e. The number of carbonyl (C=O) groups excluding carboxylic acids is 1. The average Bonchev–Trinajstić information content (AvgIpc) is 2.31. The minimum atomic E-state index is -0.634. The Kier molecular flexibility index (Phi) is 4.76. The number of anilines is 1. The van der Waals surface area contributed by atoms with Gasteiger partial charge in [-0.25, -0.2) is 0 Å². The molecule has 1 aromatic carbocycles. The number of aryl methyl sites for hydroxylation is 1. The Morgan fingerprint density at radius 1 is 1.39 bits per heavy atom. The fraction of sp³-hybridized carbons (Fsp3) is 0.462. The molecule has 100 valence electrons. The van der Waals surface area contributed by atoms with E-state index in [2.05, 4.69) is 26.6 Å². The van der Waals surface area contributed by atoms with Gasteiger partial charge in [-0.05, 0) is 45.5 Å². The van der Waals surface area contributed by atoms with Crippen LogP contribution in [-0.4, -0.2) is 25.6 Å². The van der Waals surface area contributed by atoms with Gasteiger partial charge in [-0.15, -0.1) is 0 Å². The molecule has 0 aliphatic rings. The maximum atomic E-state index is 12.1. The highest BCUT2D eigenvalue weighted by Crippen LogP contribution is 2.32. The summed E-state index contributed by atoms with van der Waals surface area (Å²) in [5, 5.41) is 5.87. The van der Waals surface area contributed by atoms with Crippen molar-refractivity contribution in [1.82, 2.24) is 5.32 Å². The van der Waals surface area contributed by atoms with Crippen LogP contribution in [0.5, 0.6) is 5.75 Å². The number of methoxy groups -OCH3 is 1. The zero-order chi connectivity index (χ0) is 13.9. The molecular formula is C13H19BrN2O2. The first-order chi connectivity index (χ1) is 8.31. The molecule has 0 aromatic heterocycles. The highest BCUT2D eigenvalue weighted by atomic mass is 79.9. The summed E-state index contributed by atoms with van der Waals surface area (Å²) in [7, 11) is 3.34. The number of amides is 1. The number of ether oxygens (including phenoxy) is 1. The van der Waals surface area contributed by atoms with Crippen LogP contribution in [0.1, 0.15) is 19.4 Å². The summed E-state index contributed by atoms with van der Waals surface area (Å²) < 4.78 is 6.21. The normalized spacial score (nSPS) is 11.2. The average molecular weight is 315 g/mol. The van der Waals surface area contributed by atoms with E-state index in [0.29, 0.717) is 11.4 Å². The Labute approximate surface area is 116 Å². The van der Waals surface area contributed by atoms with E-state index in [9.17, 15) is 4.79 Å². The van der Waals surface area contributed by atoms with Crippen LogP contribution in [0.2, 0.25) is 0 Å². The molecule has 4 nitrogen and oxygen atoms in total. The smallest absolute Gasteiger partial charge is 0.244 e. The number of hydrogen-bond acceptors (Lipinski definition) is 3. The van der Waals surface area contributed by atoms with Crippen LogP contribution >= 0.6 is 15.9 Å². The molecule has 1 rings (SSSR count). The number of halogens is 1. The number of carbonyl (C=O) groups is 1. The van der Waals surface area contributed by atoms with Gasteiger partial charge >= 0.3 is 0 Å². The van der Waals surface area contributed by atoms with E-state index in [0.717, 1.165) is 10.0 Å². The predicted octanol–water partition coefficient (Wildman–Crippen LogP) is 2.70. The van der Waals surface area contributed by atoms with E-state index in [1.807, 2.05) is 32.9 Å². The van der Waals surface area contributed by atoms with Crippen molar-refractivity contribution in [2.75, 3.05) is 19.5 Å². The molecule has 2 N–H and O–H groups in total. The van der Waals surface area contributed by atoms with E-state index in [4.69, 9.17) is 4.74 Å². The lowest BCUT2D eigenvalue weighted by molar-refractivity contribution is -0.121. The Balaban J connectivity index is 3.08. The summed E-state index contributed by atoms with van der Waals surface area (Å²) in [4.78, 5) is 12.1. The minimum absolute atomic E-state index is 0.103. The van der Waals surface area contributed by atoms with Crippen LogP contribution in [0.3, 0.4) is 0 Å². The lowest BCUT2D eigenvalue weighted by atomic mass is 10.0. The molecule has 0 saturated heterocycles. The molecule has 1 aromatic rings. The Morgan fingerprint density at radius 2 is 2.00 bits per heavy atom. The highest BCUT2D eigenvalue weighted by Gasteiger charge is 2.26. The van der Waals surface area contributed by atoms with E-state index < -0.39 is 5.54 Å². The van der Waals surface area contributed by atoms with Gasteiger partial charge < -0.3 is 15.4 Å². The zero-order valence-electron chi connectivity index (χ0n) is 11.3. The fourth-order valence-corrected chi connectivity index (χ4v) is 1.97. The summed E-state index contributed by atoms with van der Waals surface area (Å²) in [6.45, 7) is 5.57. The quantitative estimate of drug-likeness (QED) is 0.898. The number of nitrogens with one attached hydrogen (secondary N) is 2. The summed E-state index contributed by atoms with van der Waals surface area (Å²) in [6, 6.07) is 3.76. The van der Waals surface area contributed by atoms with Crippen LogP contribution in [0, 0.1) is 6.92 Å². The summed E-state index contributed by atoms with van der Waals surface area (Å²) in [5.41, 5.74) is 1.01. The summed E-state index contributed by atoms with van der Waals surface area (Å²) in [5.74, 6) is 0.538. The summed E-state index contributed by atoms with van der Waals surface area (Å²) >= 11 is 3.40. The second-order valence-electron chi connectivity index (χ2n) is 4.63. The molecule has 5 heteroatoms. The Morgan fingerprint density at radius 3 is 2.50 bits per heavy atom. The number of likely N-dealkylation sites (N-methyl/N-ethyl adjacent to an activating group) is 1. The SMILES string of the molecule is CNC(C)(C)C(=O)Nc1c(C)cc(Br)cc1OC. The van der Waals surface area contributed by atoms with Crippen LogP contribution in [0.25, 0.3) is 0 Å². The number of rotatable bonds is 4. The molecule has 0 bridgehead atoms. The zero-order valence-corrected chi connectivity index (χ0v) is 12.9. The van der Waals surface area contributed by atoms with Crippen molar-refractivity contribution in [2.45, 2.75) is 26.3 Å². The molecule has 0 aliphatic heterocycles. The van der Waals surface area contributed by atoms with Crippen LogP contribution in [0.15, 0.2) is 16.6 Å². The largest absolute Gasteiger partial charge is 0.495 e. The van der Waals surface area contributed by atoms with Crippen molar-refractivity contribution in [1.29, 1.82) is 0 Å². The molecule has 0 heterocycles. The first kappa shape index (κ1) is 15.0. The maximum absolute atomic E-state index is 12.1. The molecule has 0 radical (unpaired) electrons. The highest BCUT2D eigenvalue weighted by molar-refractivity contribution is 9.10. The van der Waals surface area contributed by atoms with Gasteiger partial charge in [-0.3, -0.25) is 4.79 Å². The first-order valence-corrected chi connectivity index (χ1v) is 6.45. The van der Waals surface area contributed by atoms with Crippen molar-refractivity contribution < 1.29 is 9.53 Å². The fourth-order valence-electron chi connectivity index (χ4n) is 1.42. The van der Waals surface area contributed by atoms with Crippen LogP contribution in [0.4, 0.5) is 5.69 Å². The van der Waals surface area contributed by atoms with Crippen molar-refractivity contribution in [2.24, 2.45) is 0 Å². The monoisotopic (exact) mass is 314 g/mol. The van der Waals surface area contributed by atoms with Crippen molar-refractivity contribution in [3.8, 4) is 5.75 Å². The lowest BCUT2D eigenvalue weighted by Crippen LogP contribution is -2.48. The van der Waals surface area contributed by atoms with E-state index in [-0.39, 0.29) is 5.91 Å². The van der Waals surface area contributed by atoms with Crippen molar-refractivity contribution >= 4 is 27.5 Å². The Bertz CT molecular complexity index is 459. The molecule has 0 atom stereocenters. The van der Waals surface area contributed by atoms with Crippen LogP contribution in [-0.2, 0) is 4.79 Å². The molecule has 0 aliphatic carbocycles. The topological polar surface area (TPSA) is 50.4 Å². The van der Waals surface area contributed by atoms with Gasteiger partial charge in [0.1, 0.15) is 5.75 Å². The molecule has 1 amide bonds. The van der Waals surface area contributed by atoms with E-state index in [1.54, 1.807) is 14.2 Å².